The lowest BCUT2D eigenvalue weighted by Gasteiger charge is -1.97. The Morgan fingerprint density at radius 1 is 1.30 bits per heavy atom. The fourth-order valence-electron chi connectivity index (χ4n) is 0.489. The number of hydrogen-bond donors (Lipinski definition) is 0. The summed E-state index contributed by atoms with van der Waals surface area (Å²) in [6, 6.07) is 0. The van der Waals surface area contributed by atoms with Crippen molar-refractivity contribution in [3.05, 3.63) is 11.8 Å². The molecule has 0 aliphatic carbocycles. The monoisotopic (exact) mass is 142 g/mol. The molecule has 0 rings (SSSR count). The summed E-state index contributed by atoms with van der Waals surface area (Å²) in [6.45, 7) is 2.71. The van der Waals surface area contributed by atoms with Crippen molar-refractivity contribution < 1.29 is 14.3 Å². The van der Waals surface area contributed by atoms with Gasteiger partial charge in [-0.15, -0.1) is 0 Å². The van der Waals surface area contributed by atoms with Crippen molar-refractivity contribution in [1.82, 2.24) is 0 Å². The van der Waals surface area contributed by atoms with Gasteiger partial charge in [0.05, 0.1) is 7.11 Å². The third-order valence-electron chi connectivity index (χ3n) is 0.901. The molecule has 0 heterocycles. The molecule has 10 heavy (non-hydrogen) atoms. The first-order valence-electron chi connectivity index (χ1n) is 2.85. The van der Waals surface area contributed by atoms with E-state index < -0.39 is 0 Å². The Bertz CT molecular complexity index is 179. The fourth-order valence-corrected chi connectivity index (χ4v) is 0.489. The van der Waals surface area contributed by atoms with Gasteiger partial charge in [0.2, 0.25) is 0 Å². The zero-order valence-electron chi connectivity index (χ0n) is 6.30. The molecule has 0 unspecified atom stereocenters. The lowest BCUT2D eigenvalue weighted by atomic mass is 10.3. The van der Waals surface area contributed by atoms with Crippen LogP contribution in [0.3, 0.4) is 0 Å². The molecule has 0 radical (unpaired) electrons. The lowest BCUT2D eigenvalue weighted by Crippen LogP contribution is -2.01. The summed E-state index contributed by atoms with van der Waals surface area (Å²) in [5.41, 5.74) is 0. The third-order valence-corrected chi connectivity index (χ3v) is 0.901. The predicted molar refractivity (Wildman–Crippen MR) is 36.5 cm³/mol. The molecule has 0 fully saturated rings. The summed E-state index contributed by atoms with van der Waals surface area (Å²) >= 11 is 0. The van der Waals surface area contributed by atoms with E-state index in [2.05, 4.69) is 4.74 Å². The highest BCUT2D eigenvalue weighted by Crippen LogP contribution is 1.95. The van der Waals surface area contributed by atoms with Crippen LogP contribution in [-0.4, -0.2) is 18.7 Å². The van der Waals surface area contributed by atoms with Crippen LogP contribution in [0.1, 0.15) is 13.8 Å². The number of allylic oxidation sites excluding steroid dienone is 2. The summed E-state index contributed by atoms with van der Waals surface area (Å²) in [5.74, 6) is -0.322. The quantitative estimate of drug-likeness (QED) is 0.430. The van der Waals surface area contributed by atoms with E-state index >= 15 is 0 Å². The summed E-state index contributed by atoms with van der Waals surface area (Å²) in [5, 5.41) is 0. The Morgan fingerprint density at radius 2 is 1.80 bits per heavy atom. The van der Waals surface area contributed by atoms with E-state index in [0.717, 1.165) is 0 Å². The van der Waals surface area contributed by atoms with Crippen LogP contribution < -0.4 is 0 Å². The van der Waals surface area contributed by atoms with Crippen LogP contribution in [0, 0.1) is 0 Å². The van der Waals surface area contributed by atoms with Gasteiger partial charge in [0.1, 0.15) is 0 Å². The van der Waals surface area contributed by atoms with Gasteiger partial charge < -0.3 is 4.74 Å². The summed E-state index contributed by atoms with van der Waals surface area (Å²) in [7, 11) is 1.36. The number of ether oxygens (including phenoxy) is 1. The minimum Gasteiger partial charge on any atom is -0.493 e. The summed E-state index contributed by atoms with van der Waals surface area (Å²) in [6.07, 6.45) is 1.17. The van der Waals surface area contributed by atoms with Crippen LogP contribution in [0.15, 0.2) is 11.8 Å². The Kier molecular flexibility index (Phi) is 3.39. The van der Waals surface area contributed by atoms with Crippen molar-refractivity contribution in [1.29, 1.82) is 0 Å². The molecule has 0 aromatic carbocycles. The second kappa shape index (κ2) is 3.82. The lowest BCUT2D eigenvalue weighted by molar-refractivity contribution is -0.118. The van der Waals surface area contributed by atoms with Crippen LogP contribution in [0.5, 0.6) is 0 Å². The maximum atomic E-state index is 10.6. The molecule has 3 heteroatoms. The molecular formula is C7H10O3. The molecule has 0 saturated heterocycles. The maximum Gasteiger partial charge on any atom is 0.194 e. The molecule has 3 nitrogen and oxygen atoms in total. The van der Waals surface area contributed by atoms with Gasteiger partial charge in [-0.3, -0.25) is 9.59 Å². The van der Waals surface area contributed by atoms with Gasteiger partial charge in [0.25, 0.3) is 0 Å². The van der Waals surface area contributed by atoms with E-state index in [-0.39, 0.29) is 17.3 Å². The Labute approximate surface area is 59.7 Å². The second-order valence-corrected chi connectivity index (χ2v) is 1.88. The standard InChI is InChI=1S/C7H10O3/c1-5(8)4-7(10-3)6(2)9/h4H,1-3H3/b7-4+. The van der Waals surface area contributed by atoms with Crippen LogP contribution in [0.2, 0.25) is 0 Å². The molecule has 0 aliphatic rings. The number of ketones is 2. The highest BCUT2D eigenvalue weighted by Gasteiger charge is 2.02. The predicted octanol–water partition coefficient (Wildman–Crippen LogP) is 0.695. The molecule has 0 atom stereocenters. The average Bonchev–Trinajstić information content (AvgIpc) is 1.81. The molecule has 0 aromatic heterocycles. The zero-order chi connectivity index (χ0) is 8.15. The van der Waals surface area contributed by atoms with Gasteiger partial charge in [-0.2, -0.15) is 0 Å². The van der Waals surface area contributed by atoms with Gasteiger partial charge in [-0.1, -0.05) is 0 Å². The molecule has 0 aromatic rings. The minimum atomic E-state index is -0.238. The topological polar surface area (TPSA) is 43.4 Å². The highest BCUT2D eigenvalue weighted by molar-refractivity contribution is 5.99. The molecule has 56 valence electrons. The fraction of sp³-hybridized carbons (Fsp3) is 0.429. The summed E-state index contributed by atoms with van der Waals surface area (Å²) in [4.78, 5) is 21.0. The van der Waals surface area contributed by atoms with Crippen molar-refractivity contribution in [3.8, 4) is 0 Å². The molecular weight excluding hydrogens is 132 g/mol. The zero-order valence-corrected chi connectivity index (χ0v) is 6.30. The first-order valence-corrected chi connectivity index (χ1v) is 2.85. The van der Waals surface area contributed by atoms with E-state index in [4.69, 9.17) is 0 Å². The van der Waals surface area contributed by atoms with Gasteiger partial charge >= 0.3 is 0 Å². The number of carbonyl (C=O) groups is 2. The normalized spacial score (nSPS) is 10.9. The van der Waals surface area contributed by atoms with E-state index in [1.165, 1.54) is 27.0 Å². The van der Waals surface area contributed by atoms with Crippen LogP contribution in [0.4, 0.5) is 0 Å². The van der Waals surface area contributed by atoms with Crippen molar-refractivity contribution >= 4 is 11.6 Å². The van der Waals surface area contributed by atoms with Gasteiger partial charge in [0.15, 0.2) is 17.3 Å². The molecule has 0 spiro atoms. The van der Waals surface area contributed by atoms with Gasteiger partial charge in [-0.25, -0.2) is 0 Å². The van der Waals surface area contributed by atoms with E-state index in [1.54, 1.807) is 0 Å². The number of rotatable bonds is 3. The average molecular weight is 142 g/mol. The first-order chi connectivity index (χ1) is 4.57. The smallest absolute Gasteiger partial charge is 0.194 e. The molecule has 0 saturated carbocycles. The van der Waals surface area contributed by atoms with Crippen molar-refractivity contribution in [2.75, 3.05) is 7.11 Å². The Hall–Kier alpha value is -1.12. The Morgan fingerprint density at radius 3 is 1.90 bits per heavy atom. The van der Waals surface area contributed by atoms with Crippen molar-refractivity contribution in [3.63, 3.8) is 0 Å². The van der Waals surface area contributed by atoms with Crippen molar-refractivity contribution in [2.24, 2.45) is 0 Å². The number of hydrogen-bond acceptors (Lipinski definition) is 3. The van der Waals surface area contributed by atoms with Crippen molar-refractivity contribution in [2.45, 2.75) is 13.8 Å². The number of methoxy groups -OCH3 is 1. The SMILES string of the molecule is CO/C(=C/C(C)=O)C(C)=O. The van der Waals surface area contributed by atoms with E-state index in [1.807, 2.05) is 0 Å². The minimum absolute atomic E-state index is 0.104. The second-order valence-electron chi connectivity index (χ2n) is 1.88. The molecule has 0 aliphatic heterocycles. The molecule has 0 bridgehead atoms. The first kappa shape index (κ1) is 8.88. The van der Waals surface area contributed by atoms with Gasteiger partial charge in [-0.05, 0) is 6.92 Å². The van der Waals surface area contributed by atoms with Crippen LogP contribution in [0.25, 0.3) is 0 Å². The van der Waals surface area contributed by atoms with E-state index in [9.17, 15) is 9.59 Å². The molecule has 0 amide bonds. The molecule has 0 N–H and O–H groups in total. The summed E-state index contributed by atoms with van der Waals surface area (Å²) < 4.78 is 4.61. The van der Waals surface area contributed by atoms with Crippen LogP contribution >= 0.6 is 0 Å². The number of Topliss-reactive ketones (excluding diaryl/α,β-unsaturated/α-hetero) is 1. The Balaban J connectivity index is 4.34. The van der Waals surface area contributed by atoms with Crippen LogP contribution in [-0.2, 0) is 14.3 Å². The largest absolute Gasteiger partial charge is 0.493 e. The maximum absolute atomic E-state index is 10.6. The third kappa shape index (κ3) is 3.02. The van der Waals surface area contributed by atoms with E-state index in [0.29, 0.717) is 0 Å². The highest BCUT2D eigenvalue weighted by atomic mass is 16.5. The van der Waals surface area contributed by atoms with Gasteiger partial charge in [0, 0.05) is 13.0 Å². The number of carbonyl (C=O) groups excluding carboxylic acids is 2.